The van der Waals surface area contributed by atoms with Gasteiger partial charge in [-0.25, -0.2) is 9.59 Å². The van der Waals surface area contributed by atoms with Crippen molar-refractivity contribution in [1.29, 1.82) is 0 Å². The van der Waals surface area contributed by atoms with Crippen molar-refractivity contribution >= 4 is 12.1 Å². The maximum Gasteiger partial charge on any atom is 0.410 e. The van der Waals surface area contributed by atoms with E-state index < -0.39 is 17.7 Å². The lowest BCUT2D eigenvalue weighted by atomic mass is 10.0. The Bertz CT molecular complexity index is 533. The van der Waals surface area contributed by atoms with E-state index in [0.717, 1.165) is 5.56 Å². The molecule has 0 spiro atoms. The summed E-state index contributed by atoms with van der Waals surface area (Å²) in [7, 11) is 1.60. The van der Waals surface area contributed by atoms with Gasteiger partial charge >= 0.3 is 12.1 Å². The molecule has 1 amide bonds. The first-order valence-corrected chi connectivity index (χ1v) is 6.54. The van der Waals surface area contributed by atoms with Crippen LogP contribution in [0.5, 0.6) is 0 Å². The highest BCUT2D eigenvalue weighted by atomic mass is 16.6. The largest absolute Gasteiger partial charge is 0.478 e. The zero-order valence-corrected chi connectivity index (χ0v) is 12.7. The molecule has 1 aromatic rings. The van der Waals surface area contributed by atoms with Crippen LogP contribution in [-0.4, -0.2) is 39.8 Å². The third-order valence-corrected chi connectivity index (χ3v) is 2.70. The molecule has 1 rings (SSSR count). The second kappa shape index (κ2) is 6.58. The number of hydrogen-bond donors (Lipinski definition) is 2. The Morgan fingerprint density at radius 2 is 1.90 bits per heavy atom. The number of rotatable bonds is 4. The molecule has 0 radical (unpaired) electrons. The minimum Gasteiger partial charge on any atom is -0.478 e. The van der Waals surface area contributed by atoms with Gasteiger partial charge in [0.1, 0.15) is 5.60 Å². The number of hydrogen-bond acceptors (Lipinski definition) is 4. The molecule has 0 aliphatic carbocycles. The number of nitrogens with zero attached hydrogens (tertiary/aromatic N) is 1. The number of benzene rings is 1. The topological polar surface area (TPSA) is 87.1 Å². The third-order valence-electron chi connectivity index (χ3n) is 2.70. The molecular formula is C15H21NO5. The molecule has 0 atom stereocenters. The first kappa shape index (κ1) is 17.0. The van der Waals surface area contributed by atoms with Crippen molar-refractivity contribution in [3.63, 3.8) is 0 Å². The first-order valence-electron chi connectivity index (χ1n) is 6.54. The van der Waals surface area contributed by atoms with Gasteiger partial charge in [0.05, 0.1) is 12.2 Å². The van der Waals surface area contributed by atoms with Gasteiger partial charge in [-0.15, -0.1) is 0 Å². The summed E-state index contributed by atoms with van der Waals surface area (Å²) in [4.78, 5) is 24.2. The van der Waals surface area contributed by atoms with Gasteiger partial charge in [0.25, 0.3) is 0 Å². The lowest BCUT2D eigenvalue weighted by Gasteiger charge is -2.24. The molecule has 0 saturated carbocycles. The Morgan fingerprint density at radius 3 is 2.38 bits per heavy atom. The molecule has 0 saturated heterocycles. The fraction of sp³-hybridized carbons (Fsp3) is 0.467. The van der Waals surface area contributed by atoms with E-state index in [9.17, 15) is 14.7 Å². The number of carboxylic acid groups (broad SMARTS) is 1. The molecule has 21 heavy (non-hydrogen) atoms. The Balaban J connectivity index is 2.84. The lowest BCUT2D eigenvalue weighted by Crippen LogP contribution is -2.33. The van der Waals surface area contributed by atoms with Crippen LogP contribution in [0.2, 0.25) is 0 Å². The number of amides is 1. The number of ether oxygens (including phenoxy) is 1. The molecule has 6 nitrogen and oxygen atoms in total. The van der Waals surface area contributed by atoms with Crippen LogP contribution in [0.25, 0.3) is 0 Å². The normalized spacial score (nSPS) is 11.1. The summed E-state index contributed by atoms with van der Waals surface area (Å²) in [6, 6.07) is 4.61. The van der Waals surface area contributed by atoms with Gasteiger partial charge in [0, 0.05) is 13.6 Å². The number of aliphatic hydroxyl groups excluding tert-OH is 1. The fourth-order valence-electron chi connectivity index (χ4n) is 1.76. The lowest BCUT2D eigenvalue weighted by molar-refractivity contribution is 0.0284. The summed E-state index contributed by atoms with van der Waals surface area (Å²) >= 11 is 0. The summed E-state index contributed by atoms with van der Waals surface area (Å²) in [5, 5.41) is 18.2. The average Bonchev–Trinajstić information content (AvgIpc) is 2.36. The van der Waals surface area contributed by atoms with E-state index in [1.54, 1.807) is 40.0 Å². The van der Waals surface area contributed by atoms with E-state index >= 15 is 0 Å². The van der Waals surface area contributed by atoms with Crippen molar-refractivity contribution in [1.82, 2.24) is 4.90 Å². The molecule has 0 aliphatic rings. The Kier molecular flexibility index (Phi) is 5.32. The number of carboxylic acids is 1. The van der Waals surface area contributed by atoms with Crippen LogP contribution in [0.3, 0.4) is 0 Å². The van der Waals surface area contributed by atoms with Gasteiger partial charge in [-0.1, -0.05) is 12.1 Å². The van der Waals surface area contributed by atoms with Crippen LogP contribution in [0.1, 0.15) is 42.3 Å². The van der Waals surface area contributed by atoms with Crippen molar-refractivity contribution in [3.05, 3.63) is 34.9 Å². The van der Waals surface area contributed by atoms with Gasteiger partial charge in [-0.2, -0.15) is 0 Å². The predicted molar refractivity (Wildman–Crippen MR) is 77.0 cm³/mol. The van der Waals surface area contributed by atoms with Gasteiger partial charge in [0.15, 0.2) is 0 Å². The molecule has 0 bridgehead atoms. The van der Waals surface area contributed by atoms with Crippen molar-refractivity contribution in [2.75, 3.05) is 7.05 Å². The van der Waals surface area contributed by atoms with Crippen LogP contribution in [0, 0.1) is 0 Å². The highest BCUT2D eigenvalue weighted by Gasteiger charge is 2.20. The fourth-order valence-corrected chi connectivity index (χ4v) is 1.76. The highest BCUT2D eigenvalue weighted by molar-refractivity contribution is 5.89. The van der Waals surface area contributed by atoms with Crippen LogP contribution >= 0.6 is 0 Å². The molecule has 1 aromatic carbocycles. The second-order valence-electron chi connectivity index (χ2n) is 5.79. The Labute approximate surface area is 124 Å². The average molecular weight is 295 g/mol. The Hall–Kier alpha value is -2.08. The number of aromatic carboxylic acids is 1. The van der Waals surface area contributed by atoms with Crippen molar-refractivity contribution in [2.24, 2.45) is 0 Å². The predicted octanol–water partition coefficient (Wildman–Crippen LogP) is 2.24. The molecule has 0 fully saturated rings. The van der Waals surface area contributed by atoms with Crippen LogP contribution in [0.4, 0.5) is 4.79 Å². The van der Waals surface area contributed by atoms with E-state index in [2.05, 4.69) is 0 Å². The molecular weight excluding hydrogens is 274 g/mol. The maximum atomic E-state index is 11.9. The number of carbonyl (C=O) groups excluding carboxylic acids is 1. The van der Waals surface area contributed by atoms with E-state index in [4.69, 9.17) is 9.84 Å². The molecule has 0 unspecified atom stereocenters. The second-order valence-corrected chi connectivity index (χ2v) is 5.79. The highest BCUT2D eigenvalue weighted by Crippen LogP contribution is 2.15. The van der Waals surface area contributed by atoms with Gasteiger partial charge in [0.2, 0.25) is 0 Å². The van der Waals surface area contributed by atoms with Crippen molar-refractivity contribution in [3.8, 4) is 0 Å². The number of carbonyl (C=O) groups is 2. The van der Waals surface area contributed by atoms with Crippen molar-refractivity contribution in [2.45, 2.75) is 39.5 Å². The zero-order chi connectivity index (χ0) is 16.2. The van der Waals surface area contributed by atoms with Crippen molar-refractivity contribution < 1.29 is 24.5 Å². The van der Waals surface area contributed by atoms with Gasteiger partial charge < -0.3 is 19.8 Å². The summed E-state index contributed by atoms with van der Waals surface area (Å²) in [6.07, 6.45) is -0.463. The minimum absolute atomic E-state index is 0.0566. The summed E-state index contributed by atoms with van der Waals surface area (Å²) in [6.45, 7) is 5.24. The summed E-state index contributed by atoms with van der Waals surface area (Å²) in [5.74, 6) is -1.09. The van der Waals surface area contributed by atoms with E-state index in [0.29, 0.717) is 5.56 Å². The molecule has 0 aliphatic heterocycles. The zero-order valence-electron chi connectivity index (χ0n) is 12.7. The third kappa shape index (κ3) is 5.07. The standard InChI is InChI=1S/C15H21NO5/c1-15(2,3)21-14(20)16(4)8-10-5-6-12(13(18)19)11(7-10)9-17/h5-7,17H,8-9H2,1-4H3,(H,18,19). The number of aliphatic hydroxyl groups is 1. The van der Waals surface area contributed by atoms with E-state index in [1.165, 1.54) is 11.0 Å². The molecule has 116 valence electrons. The maximum absolute atomic E-state index is 11.9. The first-order chi connectivity index (χ1) is 9.64. The van der Waals surface area contributed by atoms with Gasteiger partial charge in [-0.3, -0.25) is 0 Å². The Morgan fingerprint density at radius 1 is 1.29 bits per heavy atom. The smallest absolute Gasteiger partial charge is 0.410 e. The van der Waals surface area contributed by atoms with Crippen LogP contribution in [-0.2, 0) is 17.9 Å². The molecule has 6 heteroatoms. The van der Waals surface area contributed by atoms with E-state index in [-0.39, 0.29) is 18.7 Å². The van der Waals surface area contributed by atoms with E-state index in [1.807, 2.05) is 0 Å². The SMILES string of the molecule is CN(Cc1ccc(C(=O)O)c(CO)c1)C(=O)OC(C)(C)C. The minimum atomic E-state index is -1.09. The quantitative estimate of drug-likeness (QED) is 0.889. The molecule has 0 heterocycles. The summed E-state index contributed by atoms with van der Waals surface area (Å²) < 4.78 is 5.23. The summed E-state index contributed by atoms with van der Waals surface area (Å²) in [5.41, 5.74) is 0.519. The van der Waals surface area contributed by atoms with Crippen LogP contribution < -0.4 is 0 Å². The molecule has 0 aromatic heterocycles. The monoisotopic (exact) mass is 295 g/mol. The molecule has 2 N–H and O–H groups in total. The van der Waals surface area contributed by atoms with Crippen LogP contribution in [0.15, 0.2) is 18.2 Å². The van der Waals surface area contributed by atoms with Gasteiger partial charge in [-0.05, 0) is 38.0 Å².